The second kappa shape index (κ2) is 52.9. The minimum atomic E-state index is -5.33. The van der Waals surface area contributed by atoms with Crippen molar-refractivity contribution in [2.75, 3.05) is 19.8 Å². The maximum Gasteiger partial charge on any atom is 0.470 e. The Bertz CT molecular complexity index is 1820. The summed E-state index contributed by atoms with van der Waals surface area (Å²) in [7, 11) is -5.33. The van der Waals surface area contributed by atoms with E-state index in [0.29, 0.717) is 38.5 Å². The van der Waals surface area contributed by atoms with E-state index in [9.17, 15) is 59.1 Å². The third-order valence-electron chi connectivity index (χ3n) is 17.3. The Kier molecular flexibility index (Phi) is 49.2. The number of hydrogen-bond donors (Lipinski definition) is 10. The van der Waals surface area contributed by atoms with Crippen molar-refractivity contribution in [1.82, 2.24) is 10.6 Å². The molecular formula is C67H127N2O19P. The SMILES string of the molecule is CCCCCCCCCCCC(=O)O[C@H](CCCCCCCCCCC)CC(=O)N[C@H]1[C@H](OC[C@H]2O[C@H](OCCCCCCCCCCCCCCC(=O)O)[C@H](NC(=O)C[C@H](O)CCCCCCCCCCC)[C@@H](O)[C@@H]2O)O[C@H](CO)[C@@H](OP(=O)(O)O)[C@@H]1O. The lowest BCUT2D eigenvalue weighted by molar-refractivity contribution is -0.302. The molecule has 2 saturated heterocycles. The first-order valence-corrected chi connectivity index (χ1v) is 37.1. The van der Waals surface area contributed by atoms with Gasteiger partial charge < -0.3 is 74.7 Å². The number of ether oxygens (including phenoxy) is 5. The van der Waals surface area contributed by atoms with Crippen molar-refractivity contribution in [3.8, 4) is 0 Å². The van der Waals surface area contributed by atoms with E-state index in [4.69, 9.17) is 33.3 Å². The molecule has 0 aromatic carbocycles. The normalized spacial score (nSPS) is 22.9. The first-order chi connectivity index (χ1) is 42.9. The Morgan fingerprint density at radius 1 is 0.483 bits per heavy atom. The maximum absolute atomic E-state index is 14.1. The second-order valence-corrected chi connectivity index (χ2v) is 26.8. The van der Waals surface area contributed by atoms with Crippen molar-refractivity contribution in [2.24, 2.45) is 0 Å². The monoisotopic (exact) mass is 1290 g/mol. The number of aliphatic carboxylic acids is 1. The Morgan fingerprint density at radius 2 is 0.876 bits per heavy atom. The van der Waals surface area contributed by atoms with Crippen LogP contribution in [-0.4, -0.2) is 157 Å². The van der Waals surface area contributed by atoms with E-state index in [1.807, 2.05) is 0 Å². The molecule has 524 valence electrons. The lowest BCUT2D eigenvalue weighted by Crippen LogP contribution is -2.67. The Hall–Kier alpha value is -2.37. The highest BCUT2D eigenvalue weighted by atomic mass is 31.2. The van der Waals surface area contributed by atoms with Crippen LogP contribution in [0.15, 0.2) is 0 Å². The summed E-state index contributed by atoms with van der Waals surface area (Å²) < 4.78 is 47.7. The van der Waals surface area contributed by atoms with Gasteiger partial charge in [-0.1, -0.05) is 245 Å². The summed E-state index contributed by atoms with van der Waals surface area (Å²) in [6.45, 7) is 5.22. The summed E-state index contributed by atoms with van der Waals surface area (Å²) in [5, 5.41) is 70.6. The van der Waals surface area contributed by atoms with Gasteiger partial charge in [-0.15, -0.1) is 0 Å². The summed E-state index contributed by atoms with van der Waals surface area (Å²) in [6, 6.07) is -2.90. The number of amides is 2. The molecule has 0 radical (unpaired) electrons. The Balaban J connectivity index is 2.23. The number of phosphoric ester groups is 1. The molecule has 2 fully saturated rings. The summed E-state index contributed by atoms with van der Waals surface area (Å²) in [4.78, 5) is 71.4. The molecule has 2 aliphatic heterocycles. The van der Waals surface area contributed by atoms with E-state index in [0.717, 1.165) is 141 Å². The van der Waals surface area contributed by atoms with E-state index in [1.165, 1.54) is 83.5 Å². The van der Waals surface area contributed by atoms with Crippen molar-refractivity contribution >= 4 is 31.6 Å². The lowest BCUT2D eigenvalue weighted by Gasteiger charge is -2.45. The summed E-state index contributed by atoms with van der Waals surface area (Å²) in [5.74, 6) is -2.47. The van der Waals surface area contributed by atoms with Gasteiger partial charge in [0, 0.05) is 19.4 Å². The van der Waals surface area contributed by atoms with E-state index < -0.39 is 118 Å². The van der Waals surface area contributed by atoms with Gasteiger partial charge in [0.2, 0.25) is 11.8 Å². The predicted octanol–water partition coefficient (Wildman–Crippen LogP) is 12.0. The fourth-order valence-corrected chi connectivity index (χ4v) is 12.5. The van der Waals surface area contributed by atoms with E-state index in [1.54, 1.807) is 0 Å². The number of esters is 1. The third kappa shape index (κ3) is 41.2. The highest BCUT2D eigenvalue weighted by Gasteiger charge is 2.51. The van der Waals surface area contributed by atoms with Crippen LogP contribution in [-0.2, 0) is 52.0 Å². The largest absolute Gasteiger partial charge is 0.481 e. The van der Waals surface area contributed by atoms with Gasteiger partial charge in [-0.25, -0.2) is 4.57 Å². The number of carbonyl (C=O) groups excluding carboxylic acids is 3. The quantitative estimate of drug-likeness (QED) is 0.0154. The number of unbranched alkanes of at least 4 members (excludes halogenated alkanes) is 35. The lowest BCUT2D eigenvalue weighted by atomic mass is 9.95. The maximum atomic E-state index is 14.1. The zero-order valence-corrected chi connectivity index (χ0v) is 56.3. The Labute approximate surface area is 535 Å². The molecule has 2 heterocycles. The molecule has 22 heteroatoms. The molecule has 21 nitrogen and oxygen atoms in total. The van der Waals surface area contributed by atoms with Crippen LogP contribution in [0, 0.1) is 0 Å². The van der Waals surface area contributed by atoms with Crippen LogP contribution in [0.3, 0.4) is 0 Å². The molecule has 0 aromatic heterocycles. The zero-order chi connectivity index (χ0) is 65.3. The molecule has 0 aliphatic carbocycles. The van der Waals surface area contributed by atoms with Crippen molar-refractivity contribution in [3.63, 3.8) is 0 Å². The minimum absolute atomic E-state index is 0.163. The van der Waals surface area contributed by atoms with Gasteiger partial charge in [-0.3, -0.25) is 23.7 Å². The van der Waals surface area contributed by atoms with E-state index in [2.05, 4.69) is 31.4 Å². The third-order valence-corrected chi connectivity index (χ3v) is 17.9. The fraction of sp³-hybridized carbons (Fsp3) is 0.940. The number of carbonyl (C=O) groups is 4. The van der Waals surface area contributed by atoms with Crippen molar-refractivity contribution in [3.05, 3.63) is 0 Å². The fourth-order valence-electron chi connectivity index (χ4n) is 12.0. The van der Waals surface area contributed by atoms with Crippen LogP contribution in [0.5, 0.6) is 0 Å². The molecule has 2 amide bonds. The highest BCUT2D eigenvalue weighted by molar-refractivity contribution is 7.46. The molecule has 0 bridgehead atoms. The number of hydrogen-bond acceptors (Lipinski definition) is 16. The molecule has 0 unspecified atom stereocenters. The molecule has 0 spiro atoms. The number of carboxylic acid groups (broad SMARTS) is 1. The molecule has 2 rings (SSSR count). The molecule has 89 heavy (non-hydrogen) atoms. The number of nitrogens with one attached hydrogen (secondary N) is 2. The summed E-state index contributed by atoms with van der Waals surface area (Å²) in [5.41, 5.74) is 0. The number of phosphoric acid groups is 1. The molecule has 0 aromatic rings. The van der Waals surface area contributed by atoms with Crippen molar-refractivity contribution in [1.29, 1.82) is 0 Å². The second-order valence-electron chi connectivity index (χ2n) is 25.6. The number of aliphatic hydroxyl groups is 5. The van der Waals surface area contributed by atoms with Gasteiger partial charge in [0.25, 0.3) is 0 Å². The average molecular weight is 1300 g/mol. The van der Waals surface area contributed by atoms with Gasteiger partial charge in [0.15, 0.2) is 12.6 Å². The summed E-state index contributed by atoms with van der Waals surface area (Å²) in [6.07, 6.45) is 26.3. The van der Waals surface area contributed by atoms with Crippen LogP contribution in [0.2, 0.25) is 0 Å². The van der Waals surface area contributed by atoms with Crippen LogP contribution in [0.4, 0.5) is 0 Å². The topological polar surface area (TPSA) is 327 Å². The number of aliphatic hydroxyl groups excluding tert-OH is 5. The van der Waals surface area contributed by atoms with Crippen molar-refractivity contribution in [2.45, 2.75) is 383 Å². The summed E-state index contributed by atoms with van der Waals surface area (Å²) >= 11 is 0. The average Bonchev–Trinajstić information content (AvgIpc) is 1.06. The van der Waals surface area contributed by atoms with Crippen LogP contribution in [0.1, 0.15) is 310 Å². The molecule has 10 N–H and O–H groups in total. The molecule has 12 atom stereocenters. The number of rotatable bonds is 59. The van der Waals surface area contributed by atoms with Gasteiger partial charge >= 0.3 is 19.8 Å². The van der Waals surface area contributed by atoms with Gasteiger partial charge in [0.1, 0.15) is 54.8 Å². The smallest absolute Gasteiger partial charge is 0.470 e. The van der Waals surface area contributed by atoms with Crippen molar-refractivity contribution < 1.29 is 92.4 Å². The minimum Gasteiger partial charge on any atom is -0.481 e. The number of carboxylic acids is 1. The highest BCUT2D eigenvalue weighted by Crippen LogP contribution is 2.42. The van der Waals surface area contributed by atoms with Crippen LogP contribution in [0.25, 0.3) is 0 Å². The molecule has 2 aliphatic rings. The molecular weight excluding hydrogens is 1170 g/mol. The van der Waals surface area contributed by atoms with Crippen LogP contribution >= 0.6 is 7.82 Å². The van der Waals surface area contributed by atoms with Crippen LogP contribution < -0.4 is 10.6 Å². The van der Waals surface area contributed by atoms with Gasteiger partial charge in [-0.05, 0) is 38.5 Å². The van der Waals surface area contributed by atoms with Gasteiger partial charge in [0.05, 0.1) is 32.2 Å². The van der Waals surface area contributed by atoms with Gasteiger partial charge in [-0.2, -0.15) is 0 Å². The first-order valence-electron chi connectivity index (χ1n) is 35.6. The standard InChI is InChI=1S/C67H127N2O19P/c1-4-7-10-13-16-23-28-33-38-43-52(71)48-56(72)68-60-63(78)62(77)55(87-66(60)83-47-42-37-32-27-22-20-19-21-26-30-35-40-45-58(74)75)51-84-67-61(64(79)65(54(50-70)86-67)88-89(80,81)82)69-57(73)49-53(44-39-34-29-24-17-14-11-8-5-2)85-59(76)46-41-36-31-25-18-15-12-9-6-3/h52-55,60-67,70-71,77-79H,4-51H2,1-3H3,(H,68,72)(H,69,73)(H,74,75)(H2,80,81,82)/t52-,53-,54-,55-,60-,61-,62-,63-,64-,65-,66+,67-/m1/s1. The predicted molar refractivity (Wildman–Crippen MR) is 343 cm³/mol. The van der Waals surface area contributed by atoms with E-state index in [-0.39, 0.29) is 32.3 Å². The molecule has 0 saturated carbocycles. The Morgan fingerprint density at radius 3 is 1.34 bits per heavy atom. The van der Waals surface area contributed by atoms with E-state index >= 15 is 0 Å². The first kappa shape index (κ1) is 82.7. The zero-order valence-electron chi connectivity index (χ0n) is 55.4.